The van der Waals surface area contributed by atoms with E-state index in [1.165, 1.54) is 7.11 Å². The minimum absolute atomic E-state index is 0.0340. The minimum atomic E-state index is -0.371. The largest absolute Gasteiger partial charge is 0.469 e. The van der Waals surface area contributed by atoms with E-state index in [2.05, 4.69) is 10.2 Å². The van der Waals surface area contributed by atoms with Gasteiger partial charge in [0.1, 0.15) is 18.8 Å². The van der Waals surface area contributed by atoms with Crippen LogP contribution in [0.3, 0.4) is 0 Å². The van der Waals surface area contributed by atoms with Crippen molar-refractivity contribution in [3.63, 3.8) is 0 Å². The van der Waals surface area contributed by atoms with Crippen molar-refractivity contribution in [3.8, 4) is 5.69 Å². The van der Waals surface area contributed by atoms with Crippen LogP contribution >= 0.6 is 11.6 Å². The molecule has 0 saturated heterocycles. The zero-order chi connectivity index (χ0) is 18.1. The van der Waals surface area contributed by atoms with E-state index in [4.69, 9.17) is 21.3 Å². The van der Waals surface area contributed by atoms with E-state index in [1.807, 2.05) is 47.0 Å². The van der Waals surface area contributed by atoms with Gasteiger partial charge in [0.05, 0.1) is 18.5 Å². The molecule has 1 aromatic heterocycles. The van der Waals surface area contributed by atoms with E-state index in [1.54, 1.807) is 6.07 Å². The second-order valence-electron chi connectivity index (χ2n) is 5.81. The average molecular weight is 367 g/mol. The maximum absolute atomic E-state index is 11.7. The number of hydrogen-bond donors (Lipinski definition) is 0. The number of halogens is 1. The van der Waals surface area contributed by atoms with E-state index >= 15 is 0 Å². The molecule has 0 atom stereocenters. The quantitative estimate of drug-likeness (QED) is 0.668. The number of rotatable bonds is 3. The Bertz CT molecular complexity index is 1010. The Balaban J connectivity index is 1.91. The van der Waals surface area contributed by atoms with Gasteiger partial charge in [-0.3, -0.25) is 14.4 Å². The molecule has 6 nitrogen and oxygen atoms in total. The molecule has 7 heteroatoms. The molecule has 4 rings (SSSR count). The van der Waals surface area contributed by atoms with Gasteiger partial charge in [0.25, 0.3) is 0 Å². The smallest absolute Gasteiger partial charge is 0.313 e. The van der Waals surface area contributed by atoms with Crippen LogP contribution in [-0.2, 0) is 22.5 Å². The molecule has 0 fully saturated rings. The number of aliphatic imine (C=N–C) groups is 1. The van der Waals surface area contributed by atoms with Gasteiger partial charge in [0.2, 0.25) is 0 Å². The van der Waals surface area contributed by atoms with Crippen LogP contribution in [0.2, 0.25) is 5.02 Å². The first-order chi connectivity index (χ1) is 12.7. The third-order valence-corrected chi connectivity index (χ3v) is 4.44. The molecule has 0 bridgehead atoms. The van der Waals surface area contributed by atoms with Crippen LogP contribution in [0.15, 0.2) is 53.5 Å². The highest BCUT2D eigenvalue weighted by Gasteiger charge is 2.24. The molecule has 1 aliphatic rings. The molecular weight excluding hydrogens is 352 g/mol. The van der Waals surface area contributed by atoms with Crippen LogP contribution in [0, 0.1) is 0 Å². The summed E-state index contributed by atoms with van der Waals surface area (Å²) >= 11 is 6.26. The summed E-state index contributed by atoms with van der Waals surface area (Å²) in [6, 6.07) is 15.5. The molecular formula is C19H15ClN4O2. The highest BCUT2D eigenvalue weighted by molar-refractivity contribution is 6.31. The number of benzene rings is 2. The Morgan fingerprint density at radius 1 is 1.19 bits per heavy atom. The van der Waals surface area contributed by atoms with Gasteiger partial charge in [0, 0.05) is 16.1 Å². The van der Waals surface area contributed by atoms with Gasteiger partial charge in [-0.2, -0.15) is 0 Å². The Morgan fingerprint density at radius 3 is 2.77 bits per heavy atom. The summed E-state index contributed by atoms with van der Waals surface area (Å²) in [5, 5.41) is 8.98. The Hall–Kier alpha value is -2.99. The van der Waals surface area contributed by atoms with E-state index in [-0.39, 0.29) is 12.4 Å². The van der Waals surface area contributed by atoms with Gasteiger partial charge in [-0.1, -0.05) is 41.9 Å². The van der Waals surface area contributed by atoms with Crippen molar-refractivity contribution in [2.75, 3.05) is 7.11 Å². The summed E-state index contributed by atoms with van der Waals surface area (Å²) in [7, 11) is 1.35. The molecule has 0 aliphatic carbocycles. The average Bonchev–Trinajstić information content (AvgIpc) is 2.97. The van der Waals surface area contributed by atoms with Gasteiger partial charge in [-0.25, -0.2) is 0 Å². The molecule has 3 aromatic rings. The van der Waals surface area contributed by atoms with Gasteiger partial charge >= 0.3 is 5.97 Å². The number of aromatic nitrogens is 3. The number of ether oxygens (including phenoxy) is 1. The highest BCUT2D eigenvalue weighted by atomic mass is 35.5. The zero-order valence-electron chi connectivity index (χ0n) is 14.0. The summed E-state index contributed by atoms with van der Waals surface area (Å²) in [6.45, 7) is 0.352. The number of carbonyl (C=O) groups is 1. The SMILES string of the molecule is COC(=O)Cc1nnc2n1-c1ccc(Cl)cc1C(c1ccccc1)=NC2. The fourth-order valence-corrected chi connectivity index (χ4v) is 3.19. The normalized spacial score (nSPS) is 12.6. The maximum Gasteiger partial charge on any atom is 0.313 e. The van der Waals surface area contributed by atoms with E-state index < -0.39 is 0 Å². The molecule has 26 heavy (non-hydrogen) atoms. The number of fused-ring (bicyclic) bond motifs is 3. The molecule has 0 N–H and O–H groups in total. The van der Waals surface area contributed by atoms with Gasteiger partial charge in [-0.15, -0.1) is 10.2 Å². The first kappa shape index (κ1) is 16.5. The van der Waals surface area contributed by atoms with Crippen molar-refractivity contribution >= 4 is 23.3 Å². The number of hydrogen-bond acceptors (Lipinski definition) is 5. The van der Waals surface area contributed by atoms with Gasteiger partial charge < -0.3 is 4.74 Å². The maximum atomic E-state index is 11.7. The predicted molar refractivity (Wildman–Crippen MR) is 97.9 cm³/mol. The highest BCUT2D eigenvalue weighted by Crippen LogP contribution is 2.28. The molecule has 0 unspecified atom stereocenters. The predicted octanol–water partition coefficient (Wildman–Crippen LogP) is 2.99. The number of nitrogens with zero attached hydrogens (tertiary/aromatic N) is 4. The summed E-state index contributed by atoms with van der Waals surface area (Å²) in [4.78, 5) is 16.5. The first-order valence-electron chi connectivity index (χ1n) is 8.07. The molecule has 130 valence electrons. The van der Waals surface area contributed by atoms with Crippen LogP contribution in [0.5, 0.6) is 0 Å². The van der Waals surface area contributed by atoms with Crippen molar-refractivity contribution < 1.29 is 9.53 Å². The molecule has 0 saturated carbocycles. The van der Waals surface area contributed by atoms with Crippen LogP contribution in [0.1, 0.15) is 22.8 Å². The topological polar surface area (TPSA) is 69.4 Å². The van der Waals surface area contributed by atoms with Gasteiger partial charge in [0.15, 0.2) is 5.82 Å². The number of methoxy groups -OCH3 is 1. The lowest BCUT2D eigenvalue weighted by molar-refractivity contribution is -0.139. The van der Waals surface area contributed by atoms with Crippen LogP contribution < -0.4 is 0 Å². The Morgan fingerprint density at radius 2 is 2.00 bits per heavy atom. The monoisotopic (exact) mass is 366 g/mol. The second-order valence-corrected chi connectivity index (χ2v) is 6.25. The molecule has 0 radical (unpaired) electrons. The molecule has 2 aromatic carbocycles. The molecule has 1 aliphatic heterocycles. The molecule has 2 heterocycles. The third-order valence-electron chi connectivity index (χ3n) is 4.21. The lowest BCUT2D eigenvalue weighted by atomic mass is 10.0. The van der Waals surface area contributed by atoms with Crippen LogP contribution in [0.25, 0.3) is 5.69 Å². The van der Waals surface area contributed by atoms with Crippen molar-refractivity contribution in [3.05, 3.63) is 76.3 Å². The fourth-order valence-electron chi connectivity index (χ4n) is 3.02. The number of esters is 1. The lowest BCUT2D eigenvalue weighted by Crippen LogP contribution is -2.13. The summed E-state index contributed by atoms with van der Waals surface area (Å²) in [6.07, 6.45) is 0.0340. The summed E-state index contributed by atoms with van der Waals surface area (Å²) < 4.78 is 6.64. The third kappa shape index (κ3) is 2.88. The van der Waals surface area contributed by atoms with Gasteiger partial charge in [-0.05, 0) is 18.2 Å². The Labute approximate surface area is 155 Å². The van der Waals surface area contributed by atoms with E-state index in [9.17, 15) is 4.79 Å². The fraction of sp³-hybridized carbons (Fsp3) is 0.158. The lowest BCUT2D eigenvalue weighted by Gasteiger charge is -2.13. The standard InChI is InChI=1S/C19H15ClN4O2/c1-26-18(25)10-16-22-23-17-11-21-19(12-5-3-2-4-6-12)14-9-13(20)7-8-15(14)24(16)17/h2-9H,10-11H2,1H3. The summed E-state index contributed by atoms with van der Waals surface area (Å²) in [5.74, 6) is 0.808. The zero-order valence-corrected chi connectivity index (χ0v) is 14.8. The van der Waals surface area contributed by atoms with Crippen LogP contribution in [-0.4, -0.2) is 33.6 Å². The van der Waals surface area contributed by atoms with E-state index in [0.717, 1.165) is 22.5 Å². The van der Waals surface area contributed by atoms with Crippen molar-refractivity contribution in [1.82, 2.24) is 14.8 Å². The van der Waals surface area contributed by atoms with Crippen molar-refractivity contribution in [2.45, 2.75) is 13.0 Å². The molecule has 0 spiro atoms. The first-order valence-corrected chi connectivity index (χ1v) is 8.45. The van der Waals surface area contributed by atoms with E-state index in [0.29, 0.717) is 23.2 Å². The molecule has 0 amide bonds. The Kier molecular flexibility index (Phi) is 4.26. The van der Waals surface area contributed by atoms with Crippen LogP contribution in [0.4, 0.5) is 0 Å². The number of carbonyl (C=O) groups excluding carboxylic acids is 1. The summed E-state index contributed by atoms with van der Waals surface area (Å²) in [5.41, 5.74) is 3.53. The second kappa shape index (κ2) is 6.72. The van der Waals surface area contributed by atoms with Crippen molar-refractivity contribution in [1.29, 1.82) is 0 Å². The minimum Gasteiger partial charge on any atom is -0.469 e. The van der Waals surface area contributed by atoms with Crippen molar-refractivity contribution in [2.24, 2.45) is 4.99 Å².